The predicted octanol–water partition coefficient (Wildman–Crippen LogP) is 5.35. The molecule has 0 saturated heterocycles. The van der Waals surface area contributed by atoms with Crippen molar-refractivity contribution in [2.75, 3.05) is 14.2 Å². The second kappa shape index (κ2) is 8.41. The zero-order valence-electron chi connectivity index (χ0n) is 14.6. The fraction of sp³-hybridized carbons (Fsp3) is 0.250. The third-order valence-electron chi connectivity index (χ3n) is 3.82. The van der Waals surface area contributed by atoms with Gasteiger partial charge in [0.15, 0.2) is 0 Å². The van der Waals surface area contributed by atoms with Crippen LogP contribution in [-0.2, 0) is 12.2 Å². The zero-order chi connectivity index (χ0) is 17.6. The Morgan fingerprint density at radius 1 is 1.04 bits per heavy atom. The smallest absolute Gasteiger partial charge is 0.132 e. The number of nitrogens with zero attached hydrogens (tertiary/aromatic N) is 1. The van der Waals surface area contributed by atoms with E-state index in [-0.39, 0.29) is 0 Å². The average molecular weight is 372 g/mol. The van der Waals surface area contributed by atoms with E-state index in [0.717, 1.165) is 39.3 Å². The fourth-order valence-corrected chi connectivity index (χ4v) is 4.30. The number of hydrogen-bond acceptors (Lipinski definition) is 5. The van der Waals surface area contributed by atoms with Gasteiger partial charge in [-0.05, 0) is 30.7 Å². The Bertz CT molecular complexity index is 828. The minimum Gasteiger partial charge on any atom is -0.497 e. The first-order chi connectivity index (χ1) is 12.2. The molecule has 0 spiro atoms. The molecule has 0 fully saturated rings. The molecule has 0 aliphatic rings. The van der Waals surface area contributed by atoms with E-state index in [4.69, 9.17) is 14.5 Å². The summed E-state index contributed by atoms with van der Waals surface area (Å²) in [6.07, 6.45) is 0.887. The summed E-state index contributed by atoms with van der Waals surface area (Å²) in [6, 6.07) is 14.5. The Hall–Kier alpha value is -1.98. The molecule has 130 valence electrons. The number of thiazole rings is 1. The van der Waals surface area contributed by atoms with Gasteiger partial charge in [-0.1, -0.05) is 29.8 Å². The topological polar surface area (TPSA) is 31.4 Å². The highest BCUT2D eigenvalue weighted by Crippen LogP contribution is 2.34. The summed E-state index contributed by atoms with van der Waals surface area (Å²) in [4.78, 5) is 5.83. The summed E-state index contributed by atoms with van der Waals surface area (Å²) >= 11 is 3.44. The third-order valence-corrected chi connectivity index (χ3v) is 5.79. The van der Waals surface area contributed by atoms with Crippen LogP contribution in [0.15, 0.2) is 52.7 Å². The predicted molar refractivity (Wildman–Crippen MR) is 105 cm³/mol. The summed E-state index contributed by atoms with van der Waals surface area (Å²) in [6.45, 7) is 2.11. The standard InChI is InChI=1S/C20H21NO2S2/c1-14-4-6-15(7-5-14)10-20-21-16(13-25-20)12-24-19-11-17(22-2)8-9-18(19)23-3/h4-9,11,13H,10,12H2,1-3H3. The van der Waals surface area contributed by atoms with Crippen LogP contribution in [0.5, 0.6) is 11.5 Å². The maximum absolute atomic E-state index is 5.43. The van der Waals surface area contributed by atoms with E-state index in [2.05, 4.69) is 36.6 Å². The molecule has 0 atom stereocenters. The van der Waals surface area contributed by atoms with Crippen molar-refractivity contribution in [3.63, 3.8) is 0 Å². The molecule has 0 amide bonds. The van der Waals surface area contributed by atoms with Crippen molar-refractivity contribution >= 4 is 23.1 Å². The highest BCUT2D eigenvalue weighted by molar-refractivity contribution is 7.98. The molecule has 0 N–H and O–H groups in total. The van der Waals surface area contributed by atoms with Crippen molar-refractivity contribution in [1.29, 1.82) is 0 Å². The summed E-state index contributed by atoms with van der Waals surface area (Å²) in [7, 11) is 3.36. The fourth-order valence-electron chi connectivity index (χ4n) is 2.43. The Morgan fingerprint density at radius 3 is 2.56 bits per heavy atom. The van der Waals surface area contributed by atoms with Gasteiger partial charge in [0, 0.05) is 17.6 Å². The molecule has 0 unspecified atom stereocenters. The van der Waals surface area contributed by atoms with Gasteiger partial charge in [-0.2, -0.15) is 0 Å². The van der Waals surface area contributed by atoms with Crippen molar-refractivity contribution in [3.8, 4) is 11.5 Å². The molecular formula is C20H21NO2S2. The number of aromatic nitrogens is 1. The number of thioether (sulfide) groups is 1. The third kappa shape index (κ3) is 4.77. The van der Waals surface area contributed by atoms with Crippen molar-refractivity contribution < 1.29 is 9.47 Å². The normalized spacial score (nSPS) is 10.7. The Balaban J connectivity index is 1.65. The highest BCUT2D eigenvalue weighted by atomic mass is 32.2. The van der Waals surface area contributed by atoms with Crippen LogP contribution in [0.2, 0.25) is 0 Å². The van der Waals surface area contributed by atoms with Gasteiger partial charge in [-0.3, -0.25) is 0 Å². The van der Waals surface area contributed by atoms with Crippen LogP contribution in [0, 0.1) is 6.92 Å². The van der Waals surface area contributed by atoms with Gasteiger partial charge in [0.2, 0.25) is 0 Å². The molecule has 0 radical (unpaired) electrons. The van der Waals surface area contributed by atoms with Crippen LogP contribution in [-0.4, -0.2) is 19.2 Å². The van der Waals surface area contributed by atoms with Crippen LogP contribution < -0.4 is 9.47 Å². The van der Waals surface area contributed by atoms with Gasteiger partial charge in [0.25, 0.3) is 0 Å². The van der Waals surface area contributed by atoms with Gasteiger partial charge >= 0.3 is 0 Å². The molecule has 1 heterocycles. The lowest BCUT2D eigenvalue weighted by atomic mass is 10.1. The molecule has 0 bridgehead atoms. The van der Waals surface area contributed by atoms with Crippen molar-refractivity contribution in [1.82, 2.24) is 4.98 Å². The quantitative estimate of drug-likeness (QED) is 0.524. The SMILES string of the molecule is COc1ccc(OC)c(SCc2csc(Cc3ccc(C)cc3)n2)c1. The molecule has 3 nitrogen and oxygen atoms in total. The summed E-state index contributed by atoms with van der Waals surface area (Å²) in [5, 5.41) is 3.29. The Labute approximate surface area is 157 Å². The molecule has 3 aromatic rings. The summed E-state index contributed by atoms with van der Waals surface area (Å²) in [5.41, 5.74) is 3.68. The lowest BCUT2D eigenvalue weighted by Gasteiger charge is -2.09. The molecule has 25 heavy (non-hydrogen) atoms. The van der Waals surface area contributed by atoms with Gasteiger partial charge in [-0.15, -0.1) is 23.1 Å². The number of benzene rings is 2. The molecule has 0 aliphatic carbocycles. The van der Waals surface area contributed by atoms with Crippen LogP contribution >= 0.6 is 23.1 Å². The molecule has 5 heteroatoms. The number of ether oxygens (including phenoxy) is 2. The number of methoxy groups -OCH3 is 2. The minimum absolute atomic E-state index is 0.813. The summed E-state index contributed by atoms with van der Waals surface area (Å²) in [5.74, 6) is 2.51. The van der Waals surface area contributed by atoms with Gasteiger partial charge < -0.3 is 9.47 Å². The van der Waals surface area contributed by atoms with E-state index in [0.29, 0.717) is 0 Å². The van der Waals surface area contributed by atoms with Gasteiger partial charge in [-0.25, -0.2) is 4.98 Å². The first kappa shape index (κ1) is 17.8. The second-order valence-electron chi connectivity index (χ2n) is 5.70. The van der Waals surface area contributed by atoms with Crippen molar-refractivity contribution in [3.05, 3.63) is 69.7 Å². The maximum Gasteiger partial charge on any atom is 0.132 e. The first-order valence-corrected chi connectivity index (χ1v) is 9.88. The number of rotatable bonds is 7. The second-order valence-corrected chi connectivity index (χ2v) is 7.66. The van der Waals surface area contributed by atoms with E-state index < -0.39 is 0 Å². The monoisotopic (exact) mass is 371 g/mol. The maximum atomic E-state index is 5.43. The summed E-state index contributed by atoms with van der Waals surface area (Å²) < 4.78 is 10.7. The highest BCUT2D eigenvalue weighted by Gasteiger charge is 2.09. The average Bonchev–Trinajstić information content (AvgIpc) is 3.09. The van der Waals surface area contributed by atoms with Crippen LogP contribution in [0.25, 0.3) is 0 Å². The molecule has 3 rings (SSSR count). The lowest BCUT2D eigenvalue weighted by molar-refractivity contribution is 0.394. The largest absolute Gasteiger partial charge is 0.497 e. The van der Waals surface area contributed by atoms with E-state index >= 15 is 0 Å². The van der Waals surface area contributed by atoms with E-state index in [1.165, 1.54) is 11.1 Å². The molecule has 2 aromatic carbocycles. The molecular weight excluding hydrogens is 350 g/mol. The molecule has 1 aromatic heterocycles. The lowest BCUT2D eigenvalue weighted by Crippen LogP contribution is -1.91. The minimum atomic E-state index is 0.813. The first-order valence-electron chi connectivity index (χ1n) is 8.01. The van der Waals surface area contributed by atoms with Crippen molar-refractivity contribution in [2.24, 2.45) is 0 Å². The Kier molecular flexibility index (Phi) is 6.00. The van der Waals surface area contributed by atoms with E-state index in [9.17, 15) is 0 Å². The molecule has 0 aliphatic heterocycles. The van der Waals surface area contributed by atoms with E-state index in [1.807, 2.05) is 18.2 Å². The van der Waals surface area contributed by atoms with Crippen LogP contribution in [0.4, 0.5) is 0 Å². The zero-order valence-corrected chi connectivity index (χ0v) is 16.2. The van der Waals surface area contributed by atoms with Crippen molar-refractivity contribution in [2.45, 2.75) is 24.0 Å². The number of hydrogen-bond donors (Lipinski definition) is 0. The number of aryl methyl sites for hydroxylation is 1. The molecule has 0 saturated carbocycles. The van der Waals surface area contributed by atoms with Gasteiger partial charge in [0.1, 0.15) is 11.5 Å². The van der Waals surface area contributed by atoms with Gasteiger partial charge in [0.05, 0.1) is 29.8 Å². The van der Waals surface area contributed by atoms with E-state index in [1.54, 1.807) is 37.3 Å². The van der Waals surface area contributed by atoms with Crippen LogP contribution in [0.3, 0.4) is 0 Å². The van der Waals surface area contributed by atoms with Crippen LogP contribution in [0.1, 0.15) is 21.8 Å². The Morgan fingerprint density at radius 2 is 1.84 bits per heavy atom.